The lowest BCUT2D eigenvalue weighted by molar-refractivity contribution is 0.166. The van der Waals surface area contributed by atoms with Crippen LogP contribution in [0.1, 0.15) is 19.8 Å². The summed E-state index contributed by atoms with van der Waals surface area (Å²) in [6, 6.07) is 8.64. The van der Waals surface area contributed by atoms with Gasteiger partial charge in [-0.3, -0.25) is 0 Å². The number of thioether (sulfide) groups is 1. The molecule has 1 aromatic carbocycles. The number of rotatable bonds is 6. The second kappa shape index (κ2) is 6.86. The van der Waals surface area contributed by atoms with E-state index in [1.54, 1.807) is 0 Å². The Morgan fingerprint density at radius 3 is 3.17 bits per heavy atom. The molecule has 0 amide bonds. The van der Waals surface area contributed by atoms with Gasteiger partial charge in [0.25, 0.3) is 0 Å². The molecule has 0 aliphatic carbocycles. The Labute approximate surface area is 114 Å². The van der Waals surface area contributed by atoms with Gasteiger partial charge >= 0.3 is 0 Å². The molecule has 0 saturated heterocycles. The van der Waals surface area contributed by atoms with Gasteiger partial charge in [0.2, 0.25) is 0 Å². The lowest BCUT2D eigenvalue weighted by Gasteiger charge is -2.32. The van der Waals surface area contributed by atoms with Crippen molar-refractivity contribution in [3.8, 4) is 5.75 Å². The van der Waals surface area contributed by atoms with Gasteiger partial charge < -0.3 is 10.1 Å². The van der Waals surface area contributed by atoms with E-state index < -0.39 is 0 Å². The van der Waals surface area contributed by atoms with Crippen molar-refractivity contribution in [2.24, 2.45) is 0 Å². The molecule has 0 saturated carbocycles. The lowest BCUT2D eigenvalue weighted by atomic mass is 10.1. The monoisotopic (exact) mass is 263 g/mol. The summed E-state index contributed by atoms with van der Waals surface area (Å²) in [5.41, 5.74) is 0. The summed E-state index contributed by atoms with van der Waals surface area (Å²) in [6.45, 7) is 7.06. The molecular formula is C15H21NOS. The second-order valence-electron chi connectivity index (χ2n) is 4.50. The van der Waals surface area contributed by atoms with Gasteiger partial charge in [-0.1, -0.05) is 25.1 Å². The lowest BCUT2D eigenvalue weighted by Crippen LogP contribution is -2.45. The number of hydrogen-bond acceptors (Lipinski definition) is 3. The van der Waals surface area contributed by atoms with E-state index in [1.807, 2.05) is 23.9 Å². The number of para-hydroxylation sites is 1. The van der Waals surface area contributed by atoms with E-state index in [-0.39, 0.29) is 6.10 Å². The van der Waals surface area contributed by atoms with Gasteiger partial charge in [-0.15, -0.1) is 18.3 Å². The fourth-order valence-electron chi connectivity index (χ4n) is 2.11. The SMILES string of the molecule is C=CCC(NCCC)C1CSc2ccccc2O1. The Morgan fingerprint density at radius 2 is 2.39 bits per heavy atom. The number of fused-ring (bicyclic) bond motifs is 1. The zero-order valence-corrected chi connectivity index (χ0v) is 11.7. The van der Waals surface area contributed by atoms with E-state index in [2.05, 4.69) is 37.0 Å². The highest BCUT2D eigenvalue weighted by atomic mass is 32.2. The van der Waals surface area contributed by atoms with E-state index >= 15 is 0 Å². The third-order valence-corrected chi connectivity index (χ3v) is 4.20. The number of hydrogen-bond donors (Lipinski definition) is 1. The third-order valence-electron chi connectivity index (χ3n) is 3.06. The molecule has 0 aromatic heterocycles. The van der Waals surface area contributed by atoms with Gasteiger partial charge in [0.15, 0.2) is 0 Å². The smallest absolute Gasteiger partial charge is 0.133 e. The molecule has 1 heterocycles. The predicted molar refractivity (Wildman–Crippen MR) is 78.5 cm³/mol. The molecule has 3 heteroatoms. The topological polar surface area (TPSA) is 21.3 Å². The maximum atomic E-state index is 6.11. The van der Waals surface area contributed by atoms with Crippen LogP contribution in [0.5, 0.6) is 5.75 Å². The minimum Gasteiger partial charge on any atom is -0.487 e. The molecule has 0 fully saturated rings. The summed E-state index contributed by atoms with van der Waals surface area (Å²) in [6.07, 6.45) is 4.30. The first kappa shape index (κ1) is 13.5. The molecule has 98 valence electrons. The highest BCUT2D eigenvalue weighted by Gasteiger charge is 2.26. The van der Waals surface area contributed by atoms with Crippen molar-refractivity contribution in [1.82, 2.24) is 5.32 Å². The molecule has 1 aliphatic heterocycles. The quantitative estimate of drug-likeness (QED) is 0.794. The van der Waals surface area contributed by atoms with Gasteiger partial charge in [0, 0.05) is 16.7 Å². The predicted octanol–water partition coefficient (Wildman–Crippen LogP) is 3.48. The summed E-state index contributed by atoms with van der Waals surface area (Å²) >= 11 is 1.89. The third kappa shape index (κ3) is 3.30. The van der Waals surface area contributed by atoms with E-state index in [4.69, 9.17) is 4.74 Å². The van der Waals surface area contributed by atoms with Gasteiger partial charge in [-0.25, -0.2) is 0 Å². The van der Waals surface area contributed by atoms with Gasteiger partial charge in [0.05, 0.1) is 0 Å². The van der Waals surface area contributed by atoms with Crippen molar-refractivity contribution in [2.75, 3.05) is 12.3 Å². The van der Waals surface area contributed by atoms with E-state index in [0.717, 1.165) is 30.9 Å². The Kier molecular flexibility index (Phi) is 5.14. The molecule has 0 radical (unpaired) electrons. The Morgan fingerprint density at radius 1 is 1.56 bits per heavy atom. The maximum Gasteiger partial charge on any atom is 0.133 e. The van der Waals surface area contributed by atoms with Crippen molar-refractivity contribution < 1.29 is 4.74 Å². The number of nitrogens with one attached hydrogen (secondary N) is 1. The fourth-order valence-corrected chi connectivity index (χ4v) is 3.19. The van der Waals surface area contributed by atoms with Crippen LogP contribution in [-0.2, 0) is 0 Å². The van der Waals surface area contributed by atoms with Crippen LogP contribution in [0, 0.1) is 0 Å². The molecule has 0 bridgehead atoms. The average molecular weight is 263 g/mol. The normalized spacial score (nSPS) is 19.7. The van der Waals surface area contributed by atoms with Crippen LogP contribution < -0.4 is 10.1 Å². The van der Waals surface area contributed by atoms with Crippen LogP contribution in [0.25, 0.3) is 0 Å². The van der Waals surface area contributed by atoms with Crippen LogP contribution >= 0.6 is 11.8 Å². The van der Waals surface area contributed by atoms with Crippen LogP contribution in [0.15, 0.2) is 41.8 Å². The van der Waals surface area contributed by atoms with Gasteiger partial charge in [0.1, 0.15) is 11.9 Å². The van der Waals surface area contributed by atoms with Crippen LogP contribution in [-0.4, -0.2) is 24.4 Å². The van der Waals surface area contributed by atoms with Crippen LogP contribution in [0.3, 0.4) is 0 Å². The summed E-state index contributed by atoms with van der Waals surface area (Å²) in [5, 5.41) is 3.56. The Hall–Kier alpha value is -0.930. The molecule has 2 unspecified atom stereocenters. The molecule has 1 aliphatic rings. The Bertz CT molecular complexity index is 394. The first-order valence-electron chi connectivity index (χ1n) is 6.58. The molecule has 2 nitrogen and oxygen atoms in total. The van der Waals surface area contributed by atoms with E-state index in [9.17, 15) is 0 Å². The summed E-state index contributed by atoms with van der Waals surface area (Å²) < 4.78 is 6.11. The molecular weight excluding hydrogens is 242 g/mol. The highest BCUT2D eigenvalue weighted by Crippen LogP contribution is 2.36. The molecule has 2 atom stereocenters. The first-order chi connectivity index (χ1) is 8.85. The summed E-state index contributed by atoms with van der Waals surface area (Å²) in [7, 11) is 0. The van der Waals surface area contributed by atoms with Crippen molar-refractivity contribution in [3.63, 3.8) is 0 Å². The number of ether oxygens (including phenoxy) is 1. The minimum absolute atomic E-state index is 0.231. The maximum absolute atomic E-state index is 6.11. The molecule has 0 spiro atoms. The average Bonchev–Trinajstić information content (AvgIpc) is 2.43. The van der Waals surface area contributed by atoms with Crippen molar-refractivity contribution in [3.05, 3.63) is 36.9 Å². The summed E-state index contributed by atoms with van der Waals surface area (Å²) in [5.74, 6) is 2.03. The standard InChI is InChI=1S/C15H21NOS/c1-3-7-12(16-10-4-2)14-11-18-15-9-6-5-8-13(15)17-14/h3,5-6,8-9,12,14,16H,1,4,7,10-11H2,2H3. The van der Waals surface area contributed by atoms with Gasteiger partial charge in [-0.2, -0.15) is 0 Å². The molecule has 2 rings (SSSR count). The minimum atomic E-state index is 0.231. The van der Waals surface area contributed by atoms with Crippen molar-refractivity contribution in [2.45, 2.75) is 36.8 Å². The zero-order valence-electron chi connectivity index (χ0n) is 10.9. The van der Waals surface area contributed by atoms with Gasteiger partial charge in [-0.05, 0) is 31.5 Å². The fraction of sp³-hybridized carbons (Fsp3) is 0.467. The first-order valence-corrected chi connectivity index (χ1v) is 7.56. The Balaban J connectivity index is 2.02. The zero-order chi connectivity index (χ0) is 12.8. The summed E-state index contributed by atoms with van der Waals surface area (Å²) in [4.78, 5) is 1.25. The van der Waals surface area contributed by atoms with E-state index in [0.29, 0.717) is 6.04 Å². The van der Waals surface area contributed by atoms with Crippen molar-refractivity contribution >= 4 is 11.8 Å². The highest BCUT2D eigenvalue weighted by molar-refractivity contribution is 7.99. The van der Waals surface area contributed by atoms with Crippen LogP contribution in [0.4, 0.5) is 0 Å². The second-order valence-corrected chi connectivity index (χ2v) is 5.56. The molecule has 1 N–H and O–H groups in total. The number of benzene rings is 1. The van der Waals surface area contributed by atoms with E-state index in [1.165, 1.54) is 4.90 Å². The molecule has 1 aromatic rings. The van der Waals surface area contributed by atoms with Crippen LogP contribution in [0.2, 0.25) is 0 Å². The molecule has 18 heavy (non-hydrogen) atoms. The van der Waals surface area contributed by atoms with Crippen molar-refractivity contribution in [1.29, 1.82) is 0 Å². The largest absolute Gasteiger partial charge is 0.487 e.